The minimum atomic E-state index is -4.45. The van der Waals surface area contributed by atoms with Gasteiger partial charge in [-0.2, -0.15) is 13.2 Å². The monoisotopic (exact) mass is 392 g/mol. The lowest BCUT2D eigenvalue weighted by atomic mass is 9.90. The van der Waals surface area contributed by atoms with Gasteiger partial charge in [0.2, 0.25) is 11.8 Å². The third-order valence-electron chi connectivity index (χ3n) is 4.44. The van der Waals surface area contributed by atoms with Crippen molar-refractivity contribution < 1.29 is 22.8 Å². The molecule has 0 aromatic heterocycles. The van der Waals surface area contributed by atoms with Crippen molar-refractivity contribution in [1.29, 1.82) is 0 Å². The van der Waals surface area contributed by atoms with Gasteiger partial charge in [-0.15, -0.1) is 0 Å². The third-order valence-corrected chi connectivity index (χ3v) is 4.44. The maximum absolute atomic E-state index is 12.6. The van der Waals surface area contributed by atoms with Crippen LogP contribution in [-0.4, -0.2) is 11.8 Å². The van der Waals surface area contributed by atoms with Crippen LogP contribution in [0.25, 0.3) is 0 Å². The Labute approximate surface area is 162 Å². The van der Waals surface area contributed by atoms with Crippen molar-refractivity contribution in [3.8, 4) is 0 Å². The first-order valence-electron chi connectivity index (χ1n) is 8.81. The van der Waals surface area contributed by atoms with E-state index in [4.69, 9.17) is 0 Å². The molecule has 2 aromatic rings. The maximum Gasteiger partial charge on any atom is 0.416 e. The molecular formula is C21H23F3N2O2. The third kappa shape index (κ3) is 5.12. The van der Waals surface area contributed by atoms with Gasteiger partial charge in [-0.1, -0.05) is 26.0 Å². The van der Waals surface area contributed by atoms with Crippen LogP contribution in [0.5, 0.6) is 0 Å². The summed E-state index contributed by atoms with van der Waals surface area (Å²) in [6.07, 6.45) is -4.45. The van der Waals surface area contributed by atoms with E-state index >= 15 is 0 Å². The molecule has 0 saturated heterocycles. The molecule has 2 rings (SSSR count). The van der Waals surface area contributed by atoms with E-state index in [-0.39, 0.29) is 5.69 Å². The molecule has 0 fully saturated rings. The predicted molar refractivity (Wildman–Crippen MR) is 103 cm³/mol. The summed E-state index contributed by atoms with van der Waals surface area (Å²) < 4.78 is 37.8. The zero-order valence-corrected chi connectivity index (χ0v) is 16.1. The number of benzene rings is 2. The smallest absolute Gasteiger partial charge is 0.325 e. The number of nitrogens with one attached hydrogen (secondary N) is 2. The fraction of sp³-hybridized carbons (Fsp3) is 0.333. The lowest BCUT2D eigenvalue weighted by molar-refractivity contribution is -0.137. The highest BCUT2D eigenvalue weighted by atomic mass is 19.4. The Morgan fingerprint density at radius 1 is 0.786 bits per heavy atom. The average Bonchev–Trinajstić information content (AvgIpc) is 2.61. The molecule has 28 heavy (non-hydrogen) atoms. The van der Waals surface area contributed by atoms with Gasteiger partial charge in [-0.3, -0.25) is 9.59 Å². The normalized spacial score (nSPS) is 12.0. The molecule has 150 valence electrons. The summed E-state index contributed by atoms with van der Waals surface area (Å²) in [6.45, 7) is 7.01. The van der Waals surface area contributed by atoms with Crippen LogP contribution in [0.1, 0.15) is 44.7 Å². The molecule has 2 N–H and O–H groups in total. The summed E-state index contributed by atoms with van der Waals surface area (Å²) in [5.41, 5.74) is -0.381. The number of carbonyl (C=O) groups excluding carboxylic acids is 2. The molecule has 2 amide bonds. The Kier molecular flexibility index (Phi) is 6.17. The number of hydrogen-bond acceptors (Lipinski definition) is 2. The Bertz CT molecular complexity index is 839. The summed E-state index contributed by atoms with van der Waals surface area (Å²) in [5, 5.41) is 5.18. The van der Waals surface area contributed by atoms with Gasteiger partial charge >= 0.3 is 6.18 Å². The summed E-state index contributed by atoms with van der Waals surface area (Å²) >= 11 is 0. The second-order valence-corrected chi connectivity index (χ2v) is 7.39. The first kappa shape index (κ1) is 21.5. The van der Waals surface area contributed by atoms with Crippen molar-refractivity contribution in [1.82, 2.24) is 0 Å². The minimum absolute atomic E-state index is 0.181. The molecule has 0 aliphatic carbocycles. The second kappa shape index (κ2) is 8.04. The van der Waals surface area contributed by atoms with Crippen molar-refractivity contribution >= 4 is 23.2 Å². The standard InChI is InChI=1S/C21H23F3N2O2/c1-13(2)14-5-9-16(10-6-14)25-18(27)20(3,4)19(28)26-17-11-7-15(8-12-17)21(22,23)24/h5-13H,1-4H3,(H,25,27)(H,26,28). The SMILES string of the molecule is CC(C)c1ccc(NC(=O)C(C)(C)C(=O)Nc2ccc(C(F)(F)F)cc2)cc1. The molecule has 0 aliphatic rings. The molecule has 2 aromatic carbocycles. The topological polar surface area (TPSA) is 58.2 Å². The van der Waals surface area contributed by atoms with Gasteiger partial charge in [0.25, 0.3) is 0 Å². The molecule has 0 unspecified atom stereocenters. The lowest BCUT2D eigenvalue weighted by Crippen LogP contribution is -2.41. The van der Waals surface area contributed by atoms with Crippen LogP contribution < -0.4 is 10.6 Å². The molecule has 0 radical (unpaired) electrons. The molecule has 0 spiro atoms. The lowest BCUT2D eigenvalue weighted by Gasteiger charge is -2.23. The molecule has 4 nitrogen and oxygen atoms in total. The van der Waals surface area contributed by atoms with Gasteiger partial charge in [-0.05, 0) is 61.7 Å². The number of amides is 2. The van der Waals surface area contributed by atoms with Crippen LogP contribution in [0.4, 0.5) is 24.5 Å². The van der Waals surface area contributed by atoms with Crippen LogP contribution >= 0.6 is 0 Å². The first-order chi connectivity index (χ1) is 12.9. The fourth-order valence-corrected chi connectivity index (χ4v) is 2.37. The number of anilines is 2. The van der Waals surface area contributed by atoms with Crippen LogP contribution in [0, 0.1) is 5.41 Å². The van der Waals surface area contributed by atoms with Crippen LogP contribution in [0.3, 0.4) is 0 Å². The summed E-state index contributed by atoms with van der Waals surface area (Å²) in [5.74, 6) is -0.784. The maximum atomic E-state index is 12.6. The van der Waals surface area contributed by atoms with Crippen molar-refractivity contribution in [2.75, 3.05) is 10.6 Å². The van der Waals surface area contributed by atoms with Crippen molar-refractivity contribution in [3.05, 3.63) is 59.7 Å². The van der Waals surface area contributed by atoms with Crippen molar-refractivity contribution in [2.45, 2.75) is 39.8 Å². The molecule has 0 bridgehead atoms. The number of alkyl halides is 3. The van der Waals surface area contributed by atoms with Gasteiger partial charge in [-0.25, -0.2) is 0 Å². The molecule has 7 heteroatoms. The van der Waals surface area contributed by atoms with Crippen molar-refractivity contribution in [2.24, 2.45) is 5.41 Å². The van der Waals surface area contributed by atoms with Crippen LogP contribution in [0.15, 0.2) is 48.5 Å². The van der Waals surface area contributed by atoms with Gasteiger partial charge in [0.15, 0.2) is 0 Å². The van der Waals surface area contributed by atoms with Gasteiger partial charge in [0, 0.05) is 11.4 Å². The van der Waals surface area contributed by atoms with Gasteiger partial charge in [0.1, 0.15) is 5.41 Å². The minimum Gasteiger partial charge on any atom is -0.325 e. The molecular weight excluding hydrogens is 369 g/mol. The number of carbonyl (C=O) groups is 2. The molecule has 0 heterocycles. The highest BCUT2D eigenvalue weighted by molar-refractivity contribution is 6.13. The van der Waals surface area contributed by atoms with Crippen molar-refractivity contribution in [3.63, 3.8) is 0 Å². The quantitative estimate of drug-likeness (QED) is 0.667. The zero-order chi connectivity index (χ0) is 21.1. The highest BCUT2D eigenvalue weighted by Gasteiger charge is 2.36. The summed E-state index contributed by atoms with van der Waals surface area (Å²) in [6, 6.07) is 11.4. The number of hydrogen-bond donors (Lipinski definition) is 2. The summed E-state index contributed by atoms with van der Waals surface area (Å²) in [7, 11) is 0. The van der Waals surface area contributed by atoms with Crippen LogP contribution in [-0.2, 0) is 15.8 Å². The zero-order valence-electron chi connectivity index (χ0n) is 16.1. The van der Waals surface area contributed by atoms with E-state index in [1.165, 1.54) is 13.8 Å². The average molecular weight is 392 g/mol. The number of rotatable bonds is 5. The number of halogens is 3. The van der Waals surface area contributed by atoms with E-state index in [0.29, 0.717) is 11.6 Å². The molecule has 0 atom stereocenters. The van der Waals surface area contributed by atoms with E-state index in [0.717, 1.165) is 29.8 Å². The summed E-state index contributed by atoms with van der Waals surface area (Å²) in [4.78, 5) is 25.0. The van der Waals surface area contributed by atoms with Gasteiger partial charge in [0.05, 0.1) is 5.56 Å². The predicted octanol–water partition coefficient (Wildman–Crippen LogP) is 5.43. The highest BCUT2D eigenvalue weighted by Crippen LogP contribution is 2.30. The Morgan fingerprint density at radius 2 is 1.18 bits per heavy atom. The van der Waals surface area contributed by atoms with Gasteiger partial charge < -0.3 is 10.6 Å². The van der Waals surface area contributed by atoms with E-state index in [9.17, 15) is 22.8 Å². The Balaban J connectivity index is 2.05. The fourth-order valence-electron chi connectivity index (χ4n) is 2.37. The van der Waals surface area contributed by atoms with E-state index in [2.05, 4.69) is 24.5 Å². The molecule has 0 saturated carbocycles. The van der Waals surface area contributed by atoms with E-state index < -0.39 is 29.0 Å². The first-order valence-corrected chi connectivity index (χ1v) is 8.81. The second-order valence-electron chi connectivity index (χ2n) is 7.39. The van der Waals surface area contributed by atoms with E-state index in [1.54, 1.807) is 12.1 Å². The van der Waals surface area contributed by atoms with E-state index in [1.807, 2.05) is 12.1 Å². The Hall–Kier alpha value is -2.83. The largest absolute Gasteiger partial charge is 0.416 e. The Morgan fingerprint density at radius 3 is 1.54 bits per heavy atom. The molecule has 0 aliphatic heterocycles. The van der Waals surface area contributed by atoms with Crippen LogP contribution in [0.2, 0.25) is 0 Å².